The largest absolute Gasteiger partial charge is 0.462 e. The third-order valence-electron chi connectivity index (χ3n) is 9.59. The summed E-state index contributed by atoms with van der Waals surface area (Å²) in [4.78, 5) is 25.3. The maximum absolute atomic E-state index is 12.8. The molecule has 0 radical (unpaired) electrons. The zero-order valence-electron chi connectivity index (χ0n) is 35.3. The van der Waals surface area contributed by atoms with Gasteiger partial charge in [0.2, 0.25) is 0 Å². The minimum Gasteiger partial charge on any atom is -0.462 e. The lowest BCUT2D eigenvalue weighted by Gasteiger charge is -2.39. The van der Waals surface area contributed by atoms with Gasteiger partial charge in [-0.1, -0.05) is 138 Å². The summed E-state index contributed by atoms with van der Waals surface area (Å²) in [6, 6.07) is 0. The number of aliphatic hydroxyl groups excluding tert-OH is 4. The predicted molar refractivity (Wildman–Crippen MR) is 228 cm³/mol. The SMILES string of the molecule is CC/C=C\C/C=C\C/C=C\CCCCCCCCCC(=O)OC[C@H](CO[C@@H]1O[C@H](CO)[C@H](O)[C@H](O)[C@H]1O)OC(=O)CCCCCCC/C=C\C/C=C\C/C=C\CC. The molecule has 6 atom stereocenters. The summed E-state index contributed by atoms with van der Waals surface area (Å²) in [5.41, 5.74) is 0. The molecule has 0 unspecified atom stereocenters. The van der Waals surface area contributed by atoms with Crippen LogP contribution in [0.5, 0.6) is 0 Å². The zero-order valence-corrected chi connectivity index (χ0v) is 35.3. The molecule has 1 heterocycles. The molecule has 1 rings (SSSR count). The lowest BCUT2D eigenvalue weighted by Crippen LogP contribution is -2.59. The van der Waals surface area contributed by atoms with E-state index in [1.54, 1.807) is 0 Å². The van der Waals surface area contributed by atoms with Gasteiger partial charge < -0.3 is 39.4 Å². The normalized spacial score (nSPS) is 21.0. The molecule has 326 valence electrons. The molecular formula is C47H78O10. The average molecular weight is 803 g/mol. The number of hydrogen-bond acceptors (Lipinski definition) is 10. The van der Waals surface area contributed by atoms with Crippen LogP contribution >= 0.6 is 0 Å². The van der Waals surface area contributed by atoms with Crippen molar-refractivity contribution in [2.24, 2.45) is 0 Å². The summed E-state index contributed by atoms with van der Waals surface area (Å²) in [7, 11) is 0. The number of carbonyl (C=O) groups is 2. The van der Waals surface area contributed by atoms with Crippen molar-refractivity contribution >= 4 is 11.9 Å². The third-order valence-corrected chi connectivity index (χ3v) is 9.59. The van der Waals surface area contributed by atoms with Crippen molar-refractivity contribution in [2.75, 3.05) is 19.8 Å². The Morgan fingerprint density at radius 1 is 0.544 bits per heavy atom. The van der Waals surface area contributed by atoms with Crippen LogP contribution in [-0.2, 0) is 28.5 Å². The Morgan fingerprint density at radius 2 is 0.982 bits per heavy atom. The number of hydrogen-bond donors (Lipinski definition) is 4. The number of carbonyl (C=O) groups excluding carboxylic acids is 2. The summed E-state index contributed by atoms with van der Waals surface area (Å²) in [6.07, 6.45) is 39.0. The molecule has 4 N–H and O–H groups in total. The molecule has 0 aromatic rings. The molecule has 1 fully saturated rings. The highest BCUT2D eigenvalue weighted by molar-refractivity contribution is 5.70. The fourth-order valence-electron chi connectivity index (χ4n) is 6.16. The van der Waals surface area contributed by atoms with Gasteiger partial charge in [0.05, 0.1) is 13.2 Å². The molecule has 0 aromatic carbocycles. The highest BCUT2D eigenvalue weighted by atomic mass is 16.7. The predicted octanol–water partition coefficient (Wildman–Crippen LogP) is 9.22. The van der Waals surface area contributed by atoms with Gasteiger partial charge in [0.1, 0.15) is 31.0 Å². The molecule has 57 heavy (non-hydrogen) atoms. The van der Waals surface area contributed by atoms with E-state index in [0.29, 0.717) is 12.8 Å². The van der Waals surface area contributed by atoms with Crippen molar-refractivity contribution in [2.45, 2.75) is 192 Å². The van der Waals surface area contributed by atoms with E-state index < -0.39 is 55.4 Å². The van der Waals surface area contributed by atoms with E-state index in [9.17, 15) is 30.0 Å². The smallest absolute Gasteiger partial charge is 0.306 e. The highest BCUT2D eigenvalue weighted by Gasteiger charge is 2.44. The summed E-state index contributed by atoms with van der Waals surface area (Å²) >= 11 is 0. The number of ether oxygens (including phenoxy) is 4. The number of allylic oxidation sites excluding steroid dienone is 12. The van der Waals surface area contributed by atoms with Crippen LogP contribution in [0.4, 0.5) is 0 Å². The molecule has 10 heteroatoms. The van der Waals surface area contributed by atoms with Crippen LogP contribution < -0.4 is 0 Å². The van der Waals surface area contributed by atoms with Crippen LogP contribution in [0.3, 0.4) is 0 Å². The molecule has 0 aromatic heterocycles. The molecule has 0 bridgehead atoms. The molecular weight excluding hydrogens is 725 g/mol. The third kappa shape index (κ3) is 29.1. The topological polar surface area (TPSA) is 152 Å². The first-order valence-electron chi connectivity index (χ1n) is 22.0. The fraction of sp³-hybridized carbons (Fsp3) is 0.702. The summed E-state index contributed by atoms with van der Waals surface area (Å²) in [5, 5.41) is 40.1. The second kappa shape index (κ2) is 37.4. The molecule has 0 saturated carbocycles. The van der Waals surface area contributed by atoms with Crippen LogP contribution in [-0.4, -0.2) is 89.0 Å². The van der Waals surface area contributed by atoms with Crippen molar-refractivity contribution in [1.29, 1.82) is 0 Å². The van der Waals surface area contributed by atoms with E-state index in [4.69, 9.17) is 18.9 Å². The van der Waals surface area contributed by atoms with E-state index in [1.807, 2.05) is 0 Å². The molecule has 1 saturated heterocycles. The Hall–Kier alpha value is -2.86. The van der Waals surface area contributed by atoms with Crippen molar-refractivity contribution in [3.8, 4) is 0 Å². The molecule has 1 aliphatic rings. The fourth-order valence-corrected chi connectivity index (χ4v) is 6.16. The first-order valence-corrected chi connectivity index (χ1v) is 22.0. The van der Waals surface area contributed by atoms with Crippen molar-refractivity contribution in [3.05, 3.63) is 72.9 Å². The first kappa shape index (κ1) is 52.2. The second-order valence-corrected chi connectivity index (χ2v) is 14.7. The minimum atomic E-state index is -1.60. The van der Waals surface area contributed by atoms with Gasteiger partial charge in [-0.3, -0.25) is 9.59 Å². The Morgan fingerprint density at radius 3 is 1.47 bits per heavy atom. The average Bonchev–Trinajstić information content (AvgIpc) is 3.21. The van der Waals surface area contributed by atoms with Gasteiger partial charge in [-0.25, -0.2) is 0 Å². The van der Waals surface area contributed by atoms with Crippen LogP contribution in [0.1, 0.15) is 155 Å². The van der Waals surface area contributed by atoms with E-state index in [0.717, 1.165) is 96.3 Å². The maximum atomic E-state index is 12.8. The summed E-state index contributed by atoms with van der Waals surface area (Å²) in [5.74, 6) is -0.845. The van der Waals surface area contributed by atoms with Crippen LogP contribution in [0.2, 0.25) is 0 Å². The molecule has 0 amide bonds. The Balaban J connectivity index is 2.36. The maximum Gasteiger partial charge on any atom is 0.306 e. The van der Waals surface area contributed by atoms with Crippen molar-refractivity contribution < 1.29 is 49.0 Å². The van der Waals surface area contributed by atoms with Gasteiger partial charge in [0.15, 0.2) is 12.4 Å². The van der Waals surface area contributed by atoms with Gasteiger partial charge in [-0.05, 0) is 77.0 Å². The van der Waals surface area contributed by atoms with Gasteiger partial charge in [-0.2, -0.15) is 0 Å². The van der Waals surface area contributed by atoms with Crippen LogP contribution in [0, 0.1) is 0 Å². The van der Waals surface area contributed by atoms with Crippen molar-refractivity contribution in [3.63, 3.8) is 0 Å². The molecule has 10 nitrogen and oxygen atoms in total. The van der Waals surface area contributed by atoms with Gasteiger partial charge >= 0.3 is 11.9 Å². The van der Waals surface area contributed by atoms with E-state index in [-0.39, 0.29) is 26.1 Å². The highest BCUT2D eigenvalue weighted by Crippen LogP contribution is 2.22. The zero-order chi connectivity index (χ0) is 41.6. The monoisotopic (exact) mass is 803 g/mol. The number of unbranched alkanes of at least 4 members (excludes halogenated alkanes) is 12. The quantitative estimate of drug-likeness (QED) is 0.0277. The van der Waals surface area contributed by atoms with Crippen LogP contribution in [0.15, 0.2) is 72.9 Å². The van der Waals surface area contributed by atoms with Gasteiger partial charge in [0.25, 0.3) is 0 Å². The Bertz CT molecular complexity index is 1160. The lowest BCUT2D eigenvalue weighted by atomic mass is 9.99. The Labute approximate surface area is 344 Å². The minimum absolute atomic E-state index is 0.204. The number of esters is 2. The molecule has 0 spiro atoms. The summed E-state index contributed by atoms with van der Waals surface area (Å²) < 4.78 is 22.1. The van der Waals surface area contributed by atoms with Gasteiger partial charge in [0, 0.05) is 12.8 Å². The van der Waals surface area contributed by atoms with Crippen LogP contribution in [0.25, 0.3) is 0 Å². The Kier molecular flexibility index (Phi) is 34.2. The van der Waals surface area contributed by atoms with Crippen molar-refractivity contribution in [1.82, 2.24) is 0 Å². The van der Waals surface area contributed by atoms with E-state index in [2.05, 4.69) is 86.8 Å². The standard InChI is InChI=1S/C47H78O10/c1-3-5-7-9-11-13-15-17-19-20-22-23-25-27-29-31-33-35-42(49)54-38-40(39-55-47-46(53)45(52)44(51)41(37-48)57-47)56-43(50)36-34-32-30-28-26-24-21-18-16-14-12-10-8-6-4-2/h5-8,11-14,17-19,21,40-41,44-48,51-53H,3-4,9-10,15-16,20,22-39H2,1-2H3/b7-5-,8-6-,13-11-,14-12-,19-17-,21-18-/t40-,41-,44+,45+,46-,47-/m1/s1. The molecule has 1 aliphatic heterocycles. The number of rotatable bonds is 35. The van der Waals surface area contributed by atoms with E-state index >= 15 is 0 Å². The molecule has 0 aliphatic carbocycles. The lowest BCUT2D eigenvalue weighted by molar-refractivity contribution is -0.305. The summed E-state index contributed by atoms with van der Waals surface area (Å²) in [6.45, 7) is 3.16. The van der Waals surface area contributed by atoms with E-state index in [1.165, 1.54) is 19.3 Å². The number of aliphatic hydroxyl groups is 4. The van der Waals surface area contributed by atoms with Gasteiger partial charge in [-0.15, -0.1) is 0 Å². The second-order valence-electron chi connectivity index (χ2n) is 14.7. The first-order chi connectivity index (χ1) is 27.8.